The molecule has 1 unspecified atom stereocenters. The van der Waals surface area contributed by atoms with Gasteiger partial charge in [0.05, 0.1) is 0 Å². The van der Waals surface area contributed by atoms with E-state index >= 15 is 0 Å². The Labute approximate surface area is 112 Å². The van der Waals surface area contributed by atoms with Crippen LogP contribution in [0.25, 0.3) is 0 Å². The second-order valence-electron chi connectivity index (χ2n) is 5.55. The first-order chi connectivity index (χ1) is 8.77. The largest absolute Gasteiger partial charge is 0.396 e. The van der Waals surface area contributed by atoms with Gasteiger partial charge >= 0.3 is 0 Å². The first-order valence-corrected chi connectivity index (χ1v) is 7.66. The van der Waals surface area contributed by atoms with Crippen LogP contribution in [0.15, 0.2) is 0 Å². The molecule has 3 nitrogen and oxygen atoms in total. The van der Waals surface area contributed by atoms with E-state index in [1.807, 2.05) is 4.90 Å². The lowest BCUT2D eigenvalue weighted by atomic mass is 10.1. The summed E-state index contributed by atoms with van der Waals surface area (Å²) in [6.45, 7) is 4.07. The zero-order valence-corrected chi connectivity index (χ0v) is 11.9. The summed E-state index contributed by atoms with van der Waals surface area (Å²) in [4.78, 5) is 13.8. The van der Waals surface area contributed by atoms with E-state index in [2.05, 4.69) is 6.92 Å². The van der Waals surface area contributed by atoms with Crippen LogP contribution in [0.2, 0.25) is 0 Å². The SMILES string of the molecule is CCCCCCCCCC(=O)N1CCC(CO)C1. The van der Waals surface area contributed by atoms with Crippen molar-refractivity contribution in [3.8, 4) is 0 Å². The molecule has 1 amide bonds. The third-order valence-electron chi connectivity index (χ3n) is 3.89. The van der Waals surface area contributed by atoms with Gasteiger partial charge in [0.2, 0.25) is 5.91 Å². The second kappa shape index (κ2) is 9.37. The van der Waals surface area contributed by atoms with Crippen LogP contribution in [-0.4, -0.2) is 35.6 Å². The van der Waals surface area contributed by atoms with E-state index < -0.39 is 0 Å². The maximum atomic E-state index is 11.9. The molecule has 1 fully saturated rings. The average Bonchev–Trinajstić information content (AvgIpc) is 2.86. The first-order valence-electron chi connectivity index (χ1n) is 7.66. The van der Waals surface area contributed by atoms with Gasteiger partial charge in [0.15, 0.2) is 0 Å². The lowest BCUT2D eigenvalue weighted by Gasteiger charge is -2.15. The average molecular weight is 255 g/mol. The highest BCUT2D eigenvalue weighted by Gasteiger charge is 2.24. The van der Waals surface area contributed by atoms with Crippen molar-refractivity contribution in [1.82, 2.24) is 4.90 Å². The quantitative estimate of drug-likeness (QED) is 0.643. The summed E-state index contributed by atoms with van der Waals surface area (Å²) in [5.74, 6) is 0.613. The van der Waals surface area contributed by atoms with Gasteiger partial charge < -0.3 is 10.0 Å². The Bertz CT molecular complexity index is 231. The highest BCUT2D eigenvalue weighted by molar-refractivity contribution is 5.76. The van der Waals surface area contributed by atoms with E-state index in [1.165, 1.54) is 38.5 Å². The Hall–Kier alpha value is -0.570. The molecule has 0 aromatic heterocycles. The molecule has 1 rings (SSSR count). The van der Waals surface area contributed by atoms with Gasteiger partial charge in [-0.05, 0) is 12.8 Å². The summed E-state index contributed by atoms with van der Waals surface area (Å²) >= 11 is 0. The van der Waals surface area contributed by atoms with Gasteiger partial charge in [0, 0.05) is 32.0 Å². The monoisotopic (exact) mass is 255 g/mol. The van der Waals surface area contributed by atoms with Crippen LogP contribution in [0.1, 0.15) is 64.7 Å². The second-order valence-corrected chi connectivity index (χ2v) is 5.55. The van der Waals surface area contributed by atoms with Crippen molar-refractivity contribution in [2.75, 3.05) is 19.7 Å². The molecule has 1 aliphatic rings. The van der Waals surface area contributed by atoms with E-state index in [1.54, 1.807) is 0 Å². The lowest BCUT2D eigenvalue weighted by molar-refractivity contribution is -0.130. The number of hydrogen-bond donors (Lipinski definition) is 1. The van der Waals surface area contributed by atoms with Gasteiger partial charge in [-0.15, -0.1) is 0 Å². The molecule has 0 bridgehead atoms. The summed E-state index contributed by atoms with van der Waals surface area (Å²) in [5, 5.41) is 9.04. The van der Waals surface area contributed by atoms with Gasteiger partial charge in [0.1, 0.15) is 0 Å². The van der Waals surface area contributed by atoms with Crippen LogP contribution in [0.4, 0.5) is 0 Å². The molecule has 18 heavy (non-hydrogen) atoms. The minimum Gasteiger partial charge on any atom is -0.396 e. The van der Waals surface area contributed by atoms with E-state index in [-0.39, 0.29) is 6.61 Å². The van der Waals surface area contributed by atoms with Crippen LogP contribution < -0.4 is 0 Å². The Balaban J connectivity index is 1.97. The molecule has 0 saturated carbocycles. The number of hydrogen-bond acceptors (Lipinski definition) is 2. The molecule has 3 heteroatoms. The summed E-state index contributed by atoms with van der Waals surface area (Å²) in [7, 11) is 0. The number of amides is 1. The minimum absolute atomic E-state index is 0.223. The van der Waals surface area contributed by atoms with Crippen molar-refractivity contribution < 1.29 is 9.90 Å². The first kappa shape index (κ1) is 15.5. The number of aliphatic hydroxyl groups excluding tert-OH is 1. The zero-order chi connectivity index (χ0) is 13.2. The predicted molar refractivity (Wildman–Crippen MR) is 74.4 cm³/mol. The van der Waals surface area contributed by atoms with Gasteiger partial charge in [-0.2, -0.15) is 0 Å². The number of carbonyl (C=O) groups excluding carboxylic acids is 1. The predicted octanol–water partition coefficient (Wildman–Crippen LogP) is 2.97. The van der Waals surface area contributed by atoms with Gasteiger partial charge in [-0.3, -0.25) is 4.79 Å². The van der Waals surface area contributed by atoms with Crippen molar-refractivity contribution in [1.29, 1.82) is 0 Å². The minimum atomic E-state index is 0.223. The van der Waals surface area contributed by atoms with Crippen molar-refractivity contribution in [3.63, 3.8) is 0 Å². The molecule has 1 aliphatic heterocycles. The molecule has 0 aliphatic carbocycles. The number of carbonyl (C=O) groups is 1. The van der Waals surface area contributed by atoms with Crippen LogP contribution in [0.3, 0.4) is 0 Å². The van der Waals surface area contributed by atoms with Crippen molar-refractivity contribution in [2.24, 2.45) is 5.92 Å². The van der Waals surface area contributed by atoms with E-state index in [4.69, 9.17) is 5.11 Å². The van der Waals surface area contributed by atoms with E-state index in [0.29, 0.717) is 18.2 Å². The summed E-state index contributed by atoms with van der Waals surface area (Å²) in [5.41, 5.74) is 0. The topological polar surface area (TPSA) is 40.5 Å². The summed E-state index contributed by atoms with van der Waals surface area (Å²) in [6.07, 6.45) is 10.5. The number of nitrogens with zero attached hydrogens (tertiary/aromatic N) is 1. The lowest BCUT2D eigenvalue weighted by Crippen LogP contribution is -2.28. The fraction of sp³-hybridized carbons (Fsp3) is 0.933. The van der Waals surface area contributed by atoms with Crippen LogP contribution in [0.5, 0.6) is 0 Å². The van der Waals surface area contributed by atoms with Crippen molar-refractivity contribution >= 4 is 5.91 Å². The standard InChI is InChI=1S/C15H29NO2/c1-2-3-4-5-6-7-8-9-15(18)16-11-10-14(12-16)13-17/h14,17H,2-13H2,1H3. The molecule has 1 heterocycles. The highest BCUT2D eigenvalue weighted by atomic mass is 16.3. The molecular formula is C15H29NO2. The van der Waals surface area contributed by atoms with E-state index in [0.717, 1.165) is 25.9 Å². The maximum absolute atomic E-state index is 11.9. The van der Waals surface area contributed by atoms with Gasteiger partial charge in [0.25, 0.3) is 0 Å². The molecule has 106 valence electrons. The highest BCUT2D eigenvalue weighted by Crippen LogP contribution is 2.17. The smallest absolute Gasteiger partial charge is 0.222 e. The third-order valence-corrected chi connectivity index (χ3v) is 3.89. The molecule has 0 radical (unpaired) electrons. The zero-order valence-electron chi connectivity index (χ0n) is 11.9. The number of likely N-dealkylation sites (tertiary alicyclic amines) is 1. The summed E-state index contributed by atoms with van der Waals surface area (Å²) < 4.78 is 0. The Kier molecular flexibility index (Phi) is 8.06. The van der Waals surface area contributed by atoms with Gasteiger partial charge in [-0.25, -0.2) is 0 Å². The number of aliphatic hydroxyl groups is 1. The normalized spacial score (nSPS) is 19.4. The molecule has 0 aromatic carbocycles. The van der Waals surface area contributed by atoms with Crippen molar-refractivity contribution in [3.05, 3.63) is 0 Å². The summed E-state index contributed by atoms with van der Waals surface area (Å²) in [6, 6.07) is 0. The van der Waals surface area contributed by atoms with Gasteiger partial charge in [-0.1, -0.05) is 45.4 Å². The molecule has 1 saturated heterocycles. The molecule has 1 atom stereocenters. The molecule has 1 N–H and O–H groups in total. The fourth-order valence-electron chi connectivity index (χ4n) is 2.60. The maximum Gasteiger partial charge on any atom is 0.222 e. The fourth-order valence-corrected chi connectivity index (χ4v) is 2.60. The van der Waals surface area contributed by atoms with Crippen molar-refractivity contribution in [2.45, 2.75) is 64.7 Å². The van der Waals surface area contributed by atoms with Crippen LogP contribution in [0, 0.1) is 5.92 Å². The van der Waals surface area contributed by atoms with Crippen LogP contribution >= 0.6 is 0 Å². The Morgan fingerprint density at radius 1 is 1.17 bits per heavy atom. The molecule has 0 spiro atoms. The van der Waals surface area contributed by atoms with E-state index in [9.17, 15) is 4.79 Å². The third kappa shape index (κ3) is 5.85. The number of unbranched alkanes of at least 4 members (excludes halogenated alkanes) is 6. The number of rotatable bonds is 9. The molecule has 0 aromatic rings. The molecular weight excluding hydrogens is 226 g/mol. The Morgan fingerprint density at radius 3 is 2.44 bits per heavy atom. The Morgan fingerprint density at radius 2 is 1.83 bits per heavy atom. The van der Waals surface area contributed by atoms with Crippen LogP contribution in [-0.2, 0) is 4.79 Å².